The van der Waals surface area contributed by atoms with Crippen LogP contribution in [0.15, 0.2) is 67.3 Å². The maximum absolute atomic E-state index is 10.1. The van der Waals surface area contributed by atoms with Crippen molar-refractivity contribution in [1.82, 2.24) is 0 Å². The maximum atomic E-state index is 10.1. The number of hydrogen-bond acceptors (Lipinski definition) is 4. The topological polar surface area (TPSA) is 66.0 Å². The molecule has 2 atom stereocenters. The summed E-state index contributed by atoms with van der Waals surface area (Å²) >= 11 is 0. The zero-order valence-electron chi connectivity index (χ0n) is 14.0. The van der Waals surface area contributed by atoms with Crippen LogP contribution in [0.4, 0.5) is 0 Å². The summed E-state index contributed by atoms with van der Waals surface area (Å²) in [6.07, 6.45) is 1.00. The standard InChI is InChI=1S/C21H18N2O2/c1-3-20(17-10-7-11-18(12-17)24-2)15-25-19(21(20,13-22)14-23)16-8-5-4-6-9-16/h3-12,19H,1,15H2,2H3/t19-,20+/m1/s1. The summed E-state index contributed by atoms with van der Waals surface area (Å²) in [5.41, 5.74) is -0.797. The molecule has 0 amide bonds. The molecule has 124 valence electrons. The average Bonchev–Trinajstić information content (AvgIpc) is 3.04. The van der Waals surface area contributed by atoms with Crippen LogP contribution < -0.4 is 4.74 Å². The molecule has 25 heavy (non-hydrogen) atoms. The lowest BCUT2D eigenvalue weighted by Gasteiger charge is -2.35. The Hall–Kier alpha value is -3.08. The van der Waals surface area contributed by atoms with Gasteiger partial charge in [-0.05, 0) is 23.3 Å². The van der Waals surface area contributed by atoms with Crippen molar-refractivity contribution in [3.63, 3.8) is 0 Å². The first-order valence-electron chi connectivity index (χ1n) is 7.94. The Labute approximate surface area is 147 Å². The molecule has 2 aromatic rings. The highest BCUT2D eigenvalue weighted by atomic mass is 16.5. The normalized spacial score (nSPS) is 24.0. The summed E-state index contributed by atoms with van der Waals surface area (Å²) in [6, 6.07) is 21.3. The van der Waals surface area contributed by atoms with Gasteiger partial charge < -0.3 is 9.47 Å². The van der Waals surface area contributed by atoms with E-state index in [2.05, 4.69) is 18.7 Å². The fourth-order valence-electron chi connectivity index (χ4n) is 3.55. The van der Waals surface area contributed by atoms with Crippen molar-refractivity contribution in [2.75, 3.05) is 13.7 Å². The zero-order chi connectivity index (χ0) is 17.9. The summed E-state index contributed by atoms with van der Waals surface area (Å²) < 4.78 is 11.3. The Kier molecular flexibility index (Phi) is 4.31. The van der Waals surface area contributed by atoms with Gasteiger partial charge in [0, 0.05) is 0 Å². The first-order valence-corrected chi connectivity index (χ1v) is 7.94. The Morgan fingerprint density at radius 2 is 1.88 bits per heavy atom. The molecule has 0 spiro atoms. The maximum Gasteiger partial charge on any atom is 0.188 e. The highest BCUT2D eigenvalue weighted by Gasteiger charge is 2.63. The second-order valence-electron chi connectivity index (χ2n) is 6.04. The fraction of sp³-hybridized carbons (Fsp3) is 0.238. The molecule has 0 bridgehead atoms. The monoisotopic (exact) mass is 330 g/mol. The minimum absolute atomic E-state index is 0.199. The van der Waals surface area contributed by atoms with E-state index in [4.69, 9.17) is 9.47 Å². The highest BCUT2D eigenvalue weighted by molar-refractivity contribution is 5.49. The molecular weight excluding hydrogens is 312 g/mol. The molecule has 1 aliphatic rings. The van der Waals surface area contributed by atoms with Crippen LogP contribution in [0.2, 0.25) is 0 Å². The van der Waals surface area contributed by atoms with E-state index in [1.165, 1.54) is 0 Å². The third-order valence-corrected chi connectivity index (χ3v) is 4.96. The van der Waals surface area contributed by atoms with Gasteiger partial charge in [-0.15, -0.1) is 6.58 Å². The highest BCUT2D eigenvalue weighted by Crippen LogP contribution is 2.57. The van der Waals surface area contributed by atoms with Gasteiger partial charge in [-0.1, -0.05) is 48.5 Å². The van der Waals surface area contributed by atoms with Gasteiger partial charge in [0.15, 0.2) is 5.41 Å². The molecule has 0 radical (unpaired) electrons. The lowest BCUT2D eigenvalue weighted by atomic mass is 9.60. The minimum Gasteiger partial charge on any atom is -0.497 e. The summed E-state index contributed by atoms with van der Waals surface area (Å²) in [7, 11) is 1.58. The van der Waals surface area contributed by atoms with E-state index in [1.807, 2.05) is 54.6 Å². The number of nitrogens with zero attached hydrogens (tertiary/aromatic N) is 2. The molecule has 1 heterocycles. The largest absolute Gasteiger partial charge is 0.497 e. The van der Waals surface area contributed by atoms with Crippen LogP contribution in [-0.2, 0) is 10.2 Å². The number of rotatable bonds is 4. The van der Waals surface area contributed by atoms with E-state index in [0.29, 0.717) is 5.75 Å². The number of methoxy groups -OCH3 is 1. The van der Waals surface area contributed by atoms with Gasteiger partial charge >= 0.3 is 0 Å². The second-order valence-corrected chi connectivity index (χ2v) is 6.04. The number of ether oxygens (including phenoxy) is 2. The van der Waals surface area contributed by atoms with Gasteiger partial charge in [0.25, 0.3) is 0 Å². The predicted octanol–water partition coefficient (Wildman–Crippen LogP) is 3.92. The van der Waals surface area contributed by atoms with Gasteiger partial charge in [0.1, 0.15) is 11.9 Å². The molecular formula is C21H18N2O2. The quantitative estimate of drug-likeness (QED) is 0.797. The van der Waals surface area contributed by atoms with E-state index in [1.54, 1.807) is 13.2 Å². The van der Waals surface area contributed by atoms with Crippen molar-refractivity contribution < 1.29 is 9.47 Å². The third kappa shape index (κ3) is 2.31. The molecule has 4 nitrogen and oxygen atoms in total. The predicted molar refractivity (Wildman–Crippen MR) is 93.7 cm³/mol. The summed E-state index contributed by atoms with van der Waals surface area (Å²) in [5, 5.41) is 20.1. The molecule has 0 aliphatic carbocycles. The molecule has 0 unspecified atom stereocenters. The Morgan fingerprint density at radius 1 is 1.16 bits per heavy atom. The number of hydrogen-bond donors (Lipinski definition) is 0. The Morgan fingerprint density at radius 3 is 2.48 bits per heavy atom. The van der Waals surface area contributed by atoms with E-state index >= 15 is 0 Å². The van der Waals surface area contributed by atoms with Crippen molar-refractivity contribution in [2.24, 2.45) is 5.41 Å². The van der Waals surface area contributed by atoms with Gasteiger partial charge in [-0.3, -0.25) is 0 Å². The molecule has 0 N–H and O–H groups in total. The van der Waals surface area contributed by atoms with Crippen molar-refractivity contribution in [2.45, 2.75) is 11.5 Å². The van der Waals surface area contributed by atoms with Crippen LogP contribution in [0.3, 0.4) is 0 Å². The molecule has 1 fully saturated rings. The van der Waals surface area contributed by atoms with Crippen LogP contribution in [-0.4, -0.2) is 13.7 Å². The van der Waals surface area contributed by atoms with Gasteiger partial charge in [0.2, 0.25) is 0 Å². The van der Waals surface area contributed by atoms with Crippen LogP contribution in [0.5, 0.6) is 5.75 Å². The first-order chi connectivity index (χ1) is 12.2. The zero-order valence-corrected chi connectivity index (χ0v) is 14.0. The lowest BCUT2D eigenvalue weighted by Crippen LogP contribution is -2.42. The van der Waals surface area contributed by atoms with E-state index in [-0.39, 0.29) is 6.61 Å². The smallest absolute Gasteiger partial charge is 0.188 e. The van der Waals surface area contributed by atoms with Crippen LogP contribution in [0, 0.1) is 28.1 Å². The summed E-state index contributed by atoms with van der Waals surface area (Å²) in [5.74, 6) is 0.659. The Bertz CT molecular complexity index is 849. The molecule has 1 saturated heterocycles. The molecule has 3 rings (SSSR count). The van der Waals surface area contributed by atoms with Crippen molar-refractivity contribution in [3.05, 3.63) is 78.4 Å². The SMILES string of the molecule is C=C[C@@]1(c2cccc(OC)c2)CO[C@H](c2ccccc2)C1(C#N)C#N. The molecule has 1 aliphatic heterocycles. The molecule has 0 aromatic heterocycles. The molecule has 0 saturated carbocycles. The van der Waals surface area contributed by atoms with Gasteiger partial charge in [0.05, 0.1) is 31.3 Å². The van der Waals surface area contributed by atoms with Gasteiger partial charge in [-0.25, -0.2) is 0 Å². The fourth-order valence-corrected chi connectivity index (χ4v) is 3.55. The van der Waals surface area contributed by atoms with Gasteiger partial charge in [-0.2, -0.15) is 10.5 Å². The number of nitriles is 2. The van der Waals surface area contributed by atoms with Crippen molar-refractivity contribution >= 4 is 0 Å². The van der Waals surface area contributed by atoms with Crippen molar-refractivity contribution in [3.8, 4) is 17.9 Å². The minimum atomic E-state index is -1.43. The van der Waals surface area contributed by atoms with Crippen LogP contribution in [0.25, 0.3) is 0 Å². The molecule has 4 heteroatoms. The van der Waals surface area contributed by atoms with E-state index < -0.39 is 16.9 Å². The molecule has 2 aromatic carbocycles. The van der Waals surface area contributed by atoms with Crippen LogP contribution in [0.1, 0.15) is 17.2 Å². The second kappa shape index (κ2) is 6.43. The van der Waals surface area contributed by atoms with Crippen LogP contribution >= 0.6 is 0 Å². The Balaban J connectivity index is 2.22. The van der Waals surface area contributed by atoms with E-state index in [0.717, 1.165) is 11.1 Å². The third-order valence-electron chi connectivity index (χ3n) is 4.96. The summed E-state index contributed by atoms with van der Waals surface area (Å²) in [4.78, 5) is 0. The average molecular weight is 330 g/mol. The van der Waals surface area contributed by atoms with Crippen molar-refractivity contribution in [1.29, 1.82) is 10.5 Å². The first kappa shape index (κ1) is 16.8. The van der Waals surface area contributed by atoms with E-state index in [9.17, 15) is 10.5 Å². The lowest BCUT2D eigenvalue weighted by molar-refractivity contribution is 0.0862. The summed E-state index contributed by atoms with van der Waals surface area (Å²) in [6.45, 7) is 4.14. The number of benzene rings is 2.